The Bertz CT molecular complexity index is 1140. The lowest BCUT2D eigenvalue weighted by Gasteiger charge is -2.27. The zero-order valence-electron chi connectivity index (χ0n) is 18.5. The number of ether oxygens (including phenoxy) is 1. The first-order chi connectivity index (χ1) is 15.4. The number of aliphatic hydroxyl groups excluding tert-OH is 1. The molecular weight excluding hydrogens is 406 g/mol. The van der Waals surface area contributed by atoms with Gasteiger partial charge in [0.05, 0.1) is 34.5 Å². The first-order valence-electron chi connectivity index (χ1n) is 11.4. The average Bonchev–Trinajstić information content (AvgIpc) is 3.44. The normalized spacial score (nSPS) is 28.5. The Balaban J connectivity index is 1.60. The lowest BCUT2D eigenvalue weighted by Crippen LogP contribution is -2.33. The number of rotatable bonds is 5. The molecule has 0 spiro atoms. The number of para-hydroxylation sites is 1. The number of ketones is 1. The van der Waals surface area contributed by atoms with Gasteiger partial charge in [-0.15, -0.1) is 0 Å². The van der Waals surface area contributed by atoms with E-state index in [1.165, 1.54) is 6.07 Å². The Kier molecular flexibility index (Phi) is 4.93. The summed E-state index contributed by atoms with van der Waals surface area (Å²) in [6.45, 7) is 6.17. The molecule has 2 aromatic carbocycles. The van der Waals surface area contributed by atoms with E-state index in [0.29, 0.717) is 17.6 Å². The Morgan fingerprint density at radius 2 is 1.78 bits per heavy atom. The fourth-order valence-corrected chi connectivity index (χ4v) is 6.20. The SMILES string of the molecule is CCc1cc(C)cc(CC)c1C1=C(O)[C@@H]2[C@@H]3O[C@@H](C[C@H]3c3ccccc3[N+](=O)[O-])[C@@H]2C1=O. The second-order valence-electron chi connectivity index (χ2n) is 9.14. The molecule has 6 nitrogen and oxygen atoms in total. The Morgan fingerprint density at radius 3 is 2.41 bits per heavy atom. The van der Waals surface area contributed by atoms with E-state index in [9.17, 15) is 20.0 Å². The number of carbonyl (C=O) groups is 1. The maximum atomic E-state index is 13.6. The number of hydrogen-bond acceptors (Lipinski definition) is 5. The molecule has 166 valence electrons. The standard InChI is InChI=1S/C26H27NO5/c1-4-14-10-13(3)11-15(5-2)20(14)22-24(28)21-19-12-17(26(32-19)23(21)25(22)29)16-8-6-7-9-18(16)27(30)31/h6-11,17,19,21,23,26,29H,4-5,12H2,1-3H3/t17-,19-,21-,23+,26+/m0/s1. The van der Waals surface area contributed by atoms with Gasteiger partial charge in [0.1, 0.15) is 5.76 Å². The molecule has 6 heteroatoms. The van der Waals surface area contributed by atoms with E-state index in [2.05, 4.69) is 26.0 Å². The summed E-state index contributed by atoms with van der Waals surface area (Å²) in [5.41, 5.74) is 5.29. The van der Waals surface area contributed by atoms with Crippen LogP contribution in [0.25, 0.3) is 5.57 Å². The number of carbonyl (C=O) groups excluding carboxylic acids is 1. The van der Waals surface area contributed by atoms with Gasteiger partial charge < -0.3 is 9.84 Å². The van der Waals surface area contributed by atoms with Crippen LogP contribution in [0.1, 0.15) is 54.0 Å². The summed E-state index contributed by atoms with van der Waals surface area (Å²) in [4.78, 5) is 24.8. The zero-order chi connectivity index (χ0) is 22.7. The zero-order valence-corrected chi connectivity index (χ0v) is 18.5. The molecule has 0 amide bonds. The van der Waals surface area contributed by atoms with E-state index in [1.807, 2.05) is 6.92 Å². The van der Waals surface area contributed by atoms with Crippen molar-refractivity contribution < 1.29 is 19.6 Å². The van der Waals surface area contributed by atoms with Crippen molar-refractivity contribution >= 4 is 17.0 Å². The third-order valence-electron chi connectivity index (χ3n) is 7.47. The number of allylic oxidation sites excluding steroid dienone is 1. The predicted molar refractivity (Wildman–Crippen MR) is 121 cm³/mol. The van der Waals surface area contributed by atoms with Crippen LogP contribution in [0.4, 0.5) is 5.69 Å². The number of nitrogens with zero attached hydrogens (tertiary/aromatic N) is 1. The molecule has 2 saturated heterocycles. The van der Waals surface area contributed by atoms with Gasteiger partial charge in [0.25, 0.3) is 5.69 Å². The third kappa shape index (κ3) is 2.85. The summed E-state index contributed by atoms with van der Waals surface area (Å²) in [6.07, 6.45) is 1.32. The summed E-state index contributed by atoms with van der Waals surface area (Å²) >= 11 is 0. The van der Waals surface area contributed by atoms with Crippen LogP contribution in [-0.4, -0.2) is 28.0 Å². The number of benzene rings is 2. The van der Waals surface area contributed by atoms with E-state index in [0.717, 1.165) is 35.1 Å². The lowest BCUT2D eigenvalue weighted by molar-refractivity contribution is -0.385. The number of aryl methyl sites for hydroxylation is 3. The summed E-state index contributed by atoms with van der Waals surface area (Å²) in [7, 11) is 0. The number of Topliss-reactive ketones (excluding diaryl/α,β-unsaturated/α-hetero) is 1. The van der Waals surface area contributed by atoms with Gasteiger partial charge in [0.2, 0.25) is 0 Å². The topological polar surface area (TPSA) is 89.7 Å². The summed E-state index contributed by atoms with van der Waals surface area (Å²) in [5, 5.41) is 23.0. The summed E-state index contributed by atoms with van der Waals surface area (Å²) in [5.74, 6) is -1.02. The highest BCUT2D eigenvalue weighted by molar-refractivity contribution is 6.26. The average molecular weight is 434 g/mol. The highest BCUT2D eigenvalue weighted by atomic mass is 16.6. The van der Waals surface area contributed by atoms with Crippen molar-refractivity contribution in [2.45, 2.75) is 58.2 Å². The Hall–Kier alpha value is -2.99. The molecule has 2 fully saturated rings. The number of nitro groups is 1. The lowest BCUT2D eigenvalue weighted by atomic mass is 9.72. The molecule has 1 N–H and O–H groups in total. The number of nitro benzene ring substituents is 1. The highest BCUT2D eigenvalue weighted by Crippen LogP contribution is 2.59. The number of hydrogen-bond donors (Lipinski definition) is 1. The quantitative estimate of drug-likeness (QED) is 0.525. The molecule has 3 aliphatic rings. The maximum Gasteiger partial charge on any atom is 0.272 e. The first-order valence-corrected chi connectivity index (χ1v) is 11.4. The monoisotopic (exact) mass is 433 g/mol. The van der Waals surface area contributed by atoms with Crippen molar-refractivity contribution in [2.24, 2.45) is 11.8 Å². The van der Waals surface area contributed by atoms with Gasteiger partial charge in [-0.1, -0.05) is 49.7 Å². The minimum atomic E-state index is -0.447. The molecule has 2 aromatic rings. The molecule has 0 unspecified atom stereocenters. The van der Waals surface area contributed by atoms with Crippen molar-refractivity contribution in [1.29, 1.82) is 0 Å². The van der Waals surface area contributed by atoms with Crippen LogP contribution in [0.2, 0.25) is 0 Å². The Labute approximate surface area is 187 Å². The van der Waals surface area contributed by atoms with E-state index in [-0.39, 0.29) is 34.2 Å². The van der Waals surface area contributed by atoms with Crippen LogP contribution in [0.3, 0.4) is 0 Å². The minimum Gasteiger partial charge on any atom is -0.511 e. The molecule has 2 heterocycles. The number of fused-ring (bicyclic) bond motifs is 5. The fourth-order valence-electron chi connectivity index (χ4n) is 6.20. The molecule has 32 heavy (non-hydrogen) atoms. The van der Waals surface area contributed by atoms with Crippen LogP contribution >= 0.6 is 0 Å². The van der Waals surface area contributed by atoms with Gasteiger partial charge in [-0.2, -0.15) is 0 Å². The van der Waals surface area contributed by atoms with Gasteiger partial charge in [-0.3, -0.25) is 14.9 Å². The fraction of sp³-hybridized carbons (Fsp3) is 0.423. The van der Waals surface area contributed by atoms with Gasteiger partial charge >= 0.3 is 0 Å². The van der Waals surface area contributed by atoms with E-state index < -0.39 is 17.9 Å². The van der Waals surface area contributed by atoms with E-state index in [4.69, 9.17) is 4.74 Å². The molecule has 1 aliphatic carbocycles. The van der Waals surface area contributed by atoms with Gasteiger partial charge in [0.15, 0.2) is 5.78 Å². The molecule has 0 radical (unpaired) electrons. The second-order valence-corrected chi connectivity index (χ2v) is 9.14. The van der Waals surface area contributed by atoms with Crippen LogP contribution < -0.4 is 0 Å². The van der Waals surface area contributed by atoms with Crippen LogP contribution in [-0.2, 0) is 22.4 Å². The smallest absolute Gasteiger partial charge is 0.272 e. The molecule has 0 aromatic heterocycles. The Morgan fingerprint density at radius 1 is 1.12 bits per heavy atom. The van der Waals surface area contributed by atoms with E-state index >= 15 is 0 Å². The van der Waals surface area contributed by atoms with E-state index in [1.54, 1.807) is 18.2 Å². The summed E-state index contributed by atoms with van der Waals surface area (Å²) < 4.78 is 6.16. The number of aliphatic hydroxyl groups is 1. The maximum absolute atomic E-state index is 13.6. The van der Waals surface area contributed by atoms with Crippen molar-refractivity contribution in [1.82, 2.24) is 0 Å². The molecule has 0 saturated carbocycles. The molecule has 5 atom stereocenters. The van der Waals surface area contributed by atoms with Crippen LogP contribution in [0.15, 0.2) is 42.2 Å². The molecule has 2 bridgehead atoms. The van der Waals surface area contributed by atoms with Crippen LogP contribution in [0.5, 0.6) is 0 Å². The van der Waals surface area contributed by atoms with Gasteiger partial charge in [0, 0.05) is 17.5 Å². The van der Waals surface area contributed by atoms with Crippen molar-refractivity contribution in [3.63, 3.8) is 0 Å². The van der Waals surface area contributed by atoms with Crippen LogP contribution in [0, 0.1) is 28.9 Å². The summed E-state index contributed by atoms with van der Waals surface area (Å²) in [6, 6.07) is 10.9. The van der Waals surface area contributed by atoms with Gasteiger partial charge in [-0.25, -0.2) is 0 Å². The van der Waals surface area contributed by atoms with Gasteiger partial charge in [-0.05, 0) is 42.9 Å². The first kappa shape index (κ1) is 20.9. The van der Waals surface area contributed by atoms with Crippen molar-refractivity contribution in [2.75, 3.05) is 0 Å². The predicted octanol–water partition coefficient (Wildman–Crippen LogP) is 5.07. The molecule has 2 aliphatic heterocycles. The third-order valence-corrected chi connectivity index (χ3v) is 7.47. The largest absolute Gasteiger partial charge is 0.511 e. The molecular formula is C26H27NO5. The van der Waals surface area contributed by atoms with Crippen molar-refractivity contribution in [3.8, 4) is 0 Å². The van der Waals surface area contributed by atoms with Crippen molar-refractivity contribution in [3.05, 3.63) is 80.1 Å². The highest BCUT2D eigenvalue weighted by Gasteiger charge is 2.63. The molecule has 5 rings (SSSR count). The minimum absolute atomic E-state index is 0.0470. The second kappa shape index (κ2) is 7.55.